The van der Waals surface area contributed by atoms with Crippen LogP contribution in [0.3, 0.4) is 0 Å². The molecule has 1 aliphatic rings. The lowest BCUT2D eigenvalue weighted by molar-refractivity contribution is -0.122. The number of benzene rings is 1. The van der Waals surface area contributed by atoms with Gasteiger partial charge in [0.05, 0.1) is 12.8 Å². The van der Waals surface area contributed by atoms with E-state index in [0.29, 0.717) is 23.7 Å². The number of hydrogen-bond acceptors (Lipinski definition) is 7. The first kappa shape index (κ1) is 25.6. The number of pyridine rings is 1. The first-order valence-corrected chi connectivity index (χ1v) is 12.7. The lowest BCUT2D eigenvalue weighted by Crippen LogP contribution is -2.36. The molecule has 0 bridgehead atoms. The molecule has 1 N–H and O–H groups in total. The Hall–Kier alpha value is -3.46. The van der Waals surface area contributed by atoms with Crippen molar-refractivity contribution in [3.63, 3.8) is 0 Å². The van der Waals surface area contributed by atoms with Crippen molar-refractivity contribution in [3.05, 3.63) is 52.6 Å². The van der Waals surface area contributed by atoms with E-state index in [2.05, 4.69) is 20.4 Å². The number of carbonyl (C=O) groups is 1. The molecule has 0 saturated carbocycles. The Balaban J connectivity index is 1.59. The van der Waals surface area contributed by atoms with E-state index in [1.54, 1.807) is 19.2 Å². The number of carbonyl (C=O) groups excluding carboxylic acids is 1. The van der Waals surface area contributed by atoms with Crippen molar-refractivity contribution >= 4 is 5.91 Å². The second kappa shape index (κ2) is 12.0. The minimum atomic E-state index is -0.363. The Morgan fingerprint density at radius 2 is 1.97 bits per heavy atom. The molecule has 1 amide bonds. The second-order valence-electron chi connectivity index (χ2n) is 9.50. The Morgan fingerprint density at radius 1 is 1.17 bits per heavy atom. The van der Waals surface area contributed by atoms with Crippen LogP contribution >= 0.6 is 0 Å². The Kier molecular flexibility index (Phi) is 8.53. The molecule has 1 saturated heterocycles. The normalized spacial score (nSPS) is 14.2. The van der Waals surface area contributed by atoms with Gasteiger partial charge < -0.3 is 19.5 Å². The molecule has 1 aliphatic heterocycles. The molecule has 1 aromatic carbocycles. The Labute approximate surface area is 211 Å². The molecule has 9 heteroatoms. The van der Waals surface area contributed by atoms with Gasteiger partial charge in [0.1, 0.15) is 17.9 Å². The van der Waals surface area contributed by atoms with Crippen LogP contribution in [-0.4, -0.2) is 58.3 Å². The second-order valence-corrected chi connectivity index (χ2v) is 9.50. The smallest absolute Gasteiger partial charge is 0.264 e. The zero-order valence-corrected chi connectivity index (χ0v) is 21.3. The molecule has 36 heavy (non-hydrogen) atoms. The number of aromatic nitrogens is 3. The molecule has 0 unspecified atom stereocenters. The van der Waals surface area contributed by atoms with Gasteiger partial charge in [-0.1, -0.05) is 23.7 Å². The maximum absolute atomic E-state index is 13.6. The van der Waals surface area contributed by atoms with Crippen molar-refractivity contribution in [1.82, 2.24) is 24.9 Å². The van der Waals surface area contributed by atoms with Gasteiger partial charge >= 0.3 is 0 Å². The van der Waals surface area contributed by atoms with Crippen LogP contribution in [0.5, 0.6) is 5.75 Å². The molecule has 9 nitrogen and oxygen atoms in total. The van der Waals surface area contributed by atoms with Crippen molar-refractivity contribution in [2.45, 2.75) is 58.5 Å². The lowest BCUT2D eigenvalue weighted by atomic mass is 10.1. The summed E-state index contributed by atoms with van der Waals surface area (Å²) in [5.41, 5.74) is 1.27. The van der Waals surface area contributed by atoms with Gasteiger partial charge in [-0.05, 0) is 77.0 Å². The first-order chi connectivity index (χ1) is 17.4. The van der Waals surface area contributed by atoms with Crippen LogP contribution in [0, 0.1) is 0 Å². The number of piperidine rings is 1. The maximum atomic E-state index is 13.6. The fourth-order valence-electron chi connectivity index (χ4n) is 4.55. The van der Waals surface area contributed by atoms with E-state index < -0.39 is 0 Å². The van der Waals surface area contributed by atoms with Crippen molar-refractivity contribution in [2.24, 2.45) is 0 Å². The average molecular weight is 494 g/mol. The Morgan fingerprint density at radius 3 is 2.72 bits per heavy atom. The number of methoxy groups -OCH3 is 1. The van der Waals surface area contributed by atoms with E-state index in [-0.39, 0.29) is 35.5 Å². The largest absolute Gasteiger partial charge is 0.497 e. The third-order valence-electron chi connectivity index (χ3n) is 6.31. The molecule has 1 fully saturated rings. The van der Waals surface area contributed by atoms with E-state index >= 15 is 0 Å². The molecule has 0 spiro atoms. The van der Waals surface area contributed by atoms with E-state index in [1.807, 2.05) is 38.1 Å². The number of hydrogen-bond donors (Lipinski definition) is 1. The van der Waals surface area contributed by atoms with Gasteiger partial charge in [0, 0.05) is 18.0 Å². The summed E-state index contributed by atoms with van der Waals surface area (Å²) in [5.74, 6) is 1.16. The predicted molar refractivity (Wildman–Crippen MR) is 138 cm³/mol. The molecule has 0 aliphatic carbocycles. The van der Waals surface area contributed by atoms with Gasteiger partial charge in [-0.3, -0.25) is 14.2 Å². The molecule has 3 aromatic rings. The first-order valence-electron chi connectivity index (χ1n) is 12.7. The van der Waals surface area contributed by atoms with E-state index in [0.717, 1.165) is 31.6 Å². The van der Waals surface area contributed by atoms with E-state index in [9.17, 15) is 9.59 Å². The summed E-state index contributed by atoms with van der Waals surface area (Å²) in [5, 5.41) is 6.96. The minimum Gasteiger partial charge on any atom is -0.497 e. The van der Waals surface area contributed by atoms with Crippen LogP contribution < -0.4 is 15.6 Å². The van der Waals surface area contributed by atoms with Crippen molar-refractivity contribution in [3.8, 4) is 28.5 Å². The fraction of sp³-hybridized carbons (Fsp3) is 0.481. The topological polar surface area (TPSA) is 102 Å². The van der Waals surface area contributed by atoms with Crippen LogP contribution in [0.2, 0.25) is 0 Å². The van der Waals surface area contributed by atoms with Crippen LogP contribution in [-0.2, 0) is 17.8 Å². The van der Waals surface area contributed by atoms with Crippen molar-refractivity contribution < 1.29 is 14.1 Å². The third kappa shape index (κ3) is 6.40. The molecule has 192 valence electrons. The van der Waals surface area contributed by atoms with Gasteiger partial charge in [0.15, 0.2) is 5.82 Å². The number of amides is 1. The number of nitrogens with one attached hydrogen (secondary N) is 1. The van der Waals surface area contributed by atoms with Crippen LogP contribution in [0.1, 0.15) is 45.4 Å². The standard InChI is InChI=1S/C27H35N5O4/c1-19(2)28-25(33)18-32-23(20-9-7-10-21(17-20)35-3)13-12-22(27(32)34)26-29-24(30-36-26)11-8-16-31-14-5-4-6-15-31/h7,9-10,12-13,17,19H,4-6,8,11,14-16,18H2,1-3H3,(H,28,33). The van der Waals surface area contributed by atoms with Crippen LogP contribution in [0.15, 0.2) is 45.7 Å². The zero-order valence-electron chi connectivity index (χ0n) is 21.3. The van der Waals surface area contributed by atoms with Gasteiger partial charge in [-0.25, -0.2) is 0 Å². The van der Waals surface area contributed by atoms with E-state index in [4.69, 9.17) is 9.26 Å². The van der Waals surface area contributed by atoms with Gasteiger partial charge in [0.25, 0.3) is 11.4 Å². The fourth-order valence-corrected chi connectivity index (χ4v) is 4.55. The summed E-state index contributed by atoms with van der Waals surface area (Å²) in [6.45, 7) is 6.95. The van der Waals surface area contributed by atoms with E-state index in [1.165, 1.54) is 23.8 Å². The molecular weight excluding hydrogens is 458 g/mol. The highest BCUT2D eigenvalue weighted by molar-refractivity contribution is 5.77. The highest BCUT2D eigenvalue weighted by Crippen LogP contribution is 2.25. The SMILES string of the molecule is COc1cccc(-c2ccc(-c3nc(CCCN4CCCCC4)no3)c(=O)n2CC(=O)NC(C)C)c1. The lowest BCUT2D eigenvalue weighted by Gasteiger charge is -2.25. The molecule has 0 atom stereocenters. The molecule has 3 heterocycles. The summed E-state index contributed by atoms with van der Waals surface area (Å²) >= 11 is 0. The number of likely N-dealkylation sites (tertiary alicyclic amines) is 1. The summed E-state index contributed by atoms with van der Waals surface area (Å²) in [6.07, 6.45) is 5.47. The number of ether oxygens (including phenoxy) is 1. The number of aryl methyl sites for hydroxylation is 1. The van der Waals surface area contributed by atoms with Crippen molar-refractivity contribution in [1.29, 1.82) is 0 Å². The Bertz CT molecular complexity index is 1230. The average Bonchev–Trinajstić information content (AvgIpc) is 3.34. The highest BCUT2D eigenvalue weighted by atomic mass is 16.5. The number of nitrogens with zero attached hydrogens (tertiary/aromatic N) is 4. The monoisotopic (exact) mass is 493 g/mol. The summed E-state index contributed by atoms with van der Waals surface area (Å²) in [6, 6.07) is 10.8. The zero-order chi connectivity index (χ0) is 25.5. The summed E-state index contributed by atoms with van der Waals surface area (Å²) in [4.78, 5) is 33.2. The van der Waals surface area contributed by atoms with Crippen molar-refractivity contribution in [2.75, 3.05) is 26.7 Å². The third-order valence-corrected chi connectivity index (χ3v) is 6.31. The quantitative estimate of drug-likeness (QED) is 0.461. The van der Waals surface area contributed by atoms with Gasteiger partial charge in [-0.15, -0.1) is 0 Å². The molecule has 4 rings (SSSR count). The summed E-state index contributed by atoms with van der Waals surface area (Å²) in [7, 11) is 1.59. The number of rotatable bonds is 10. The maximum Gasteiger partial charge on any atom is 0.264 e. The molecule has 2 aromatic heterocycles. The minimum absolute atomic E-state index is 0.0416. The van der Waals surface area contributed by atoms with Crippen LogP contribution in [0.4, 0.5) is 0 Å². The molecule has 0 radical (unpaired) electrons. The molecular formula is C27H35N5O4. The highest BCUT2D eigenvalue weighted by Gasteiger charge is 2.19. The van der Waals surface area contributed by atoms with Crippen LogP contribution in [0.25, 0.3) is 22.7 Å². The predicted octanol–water partition coefficient (Wildman–Crippen LogP) is 3.52. The van der Waals surface area contributed by atoms with Gasteiger partial charge in [-0.2, -0.15) is 4.98 Å². The summed E-state index contributed by atoms with van der Waals surface area (Å²) < 4.78 is 12.3. The van der Waals surface area contributed by atoms with Gasteiger partial charge in [0.2, 0.25) is 5.91 Å².